The molecule has 0 bridgehead atoms. The summed E-state index contributed by atoms with van der Waals surface area (Å²) >= 11 is 6.64. The predicted octanol–water partition coefficient (Wildman–Crippen LogP) is 1.38. The lowest BCUT2D eigenvalue weighted by Crippen LogP contribution is -2.33. The Hall–Kier alpha value is -0.800. The summed E-state index contributed by atoms with van der Waals surface area (Å²) in [5.41, 5.74) is 0. The maximum atomic E-state index is 11.4. The Morgan fingerprint density at radius 3 is 2.80 bits per heavy atom. The number of nitrogens with zero attached hydrogens (tertiary/aromatic N) is 2. The molecule has 0 amide bonds. The van der Waals surface area contributed by atoms with E-state index in [2.05, 4.69) is 34.7 Å². The number of rotatable bonds is 4. The number of thiocarbonyl (C=S) groups is 1. The van der Waals surface area contributed by atoms with E-state index in [-0.39, 0.29) is 17.4 Å². The first-order valence-electron chi connectivity index (χ1n) is 6.44. The smallest absolute Gasteiger partial charge is 0.211 e. The van der Waals surface area contributed by atoms with Gasteiger partial charge < -0.3 is 10.6 Å². The van der Waals surface area contributed by atoms with Crippen molar-refractivity contribution in [2.45, 2.75) is 26.2 Å². The minimum absolute atomic E-state index is 0.139. The fourth-order valence-corrected chi connectivity index (χ4v) is 4.79. The van der Waals surface area contributed by atoms with Gasteiger partial charge in [-0.1, -0.05) is 25.2 Å². The van der Waals surface area contributed by atoms with E-state index in [9.17, 15) is 8.42 Å². The average molecular weight is 334 g/mol. The Balaban J connectivity index is 1.78. The summed E-state index contributed by atoms with van der Waals surface area (Å²) in [6.45, 7) is 4.68. The molecule has 1 aliphatic rings. The van der Waals surface area contributed by atoms with Crippen molar-refractivity contribution in [2.75, 3.05) is 23.4 Å². The monoisotopic (exact) mass is 334 g/mol. The third-order valence-electron chi connectivity index (χ3n) is 3.03. The summed E-state index contributed by atoms with van der Waals surface area (Å²) in [7, 11) is -2.83. The molecule has 2 heterocycles. The molecule has 0 unspecified atom stereocenters. The van der Waals surface area contributed by atoms with Crippen LogP contribution >= 0.6 is 23.6 Å². The van der Waals surface area contributed by atoms with Crippen LogP contribution < -0.4 is 10.6 Å². The first-order chi connectivity index (χ1) is 9.35. The van der Waals surface area contributed by atoms with Crippen molar-refractivity contribution in [1.29, 1.82) is 0 Å². The van der Waals surface area contributed by atoms with Crippen LogP contribution in [0.4, 0.5) is 5.13 Å². The normalized spacial score (nSPS) is 21.1. The first kappa shape index (κ1) is 15.6. The van der Waals surface area contributed by atoms with Gasteiger partial charge in [-0.15, -0.1) is 10.2 Å². The van der Waals surface area contributed by atoms with Gasteiger partial charge >= 0.3 is 0 Å². The Labute approximate surface area is 128 Å². The van der Waals surface area contributed by atoms with Crippen LogP contribution in [0.2, 0.25) is 0 Å². The van der Waals surface area contributed by atoms with Crippen molar-refractivity contribution >= 4 is 43.6 Å². The molecule has 1 saturated heterocycles. The maximum absolute atomic E-state index is 11.4. The molecule has 9 heteroatoms. The molecule has 20 heavy (non-hydrogen) atoms. The molecular weight excluding hydrogens is 316 g/mol. The first-order valence-corrected chi connectivity index (χ1v) is 9.49. The van der Waals surface area contributed by atoms with Crippen LogP contribution in [0.25, 0.3) is 0 Å². The van der Waals surface area contributed by atoms with Crippen molar-refractivity contribution < 1.29 is 8.42 Å². The molecule has 0 radical (unpaired) electrons. The lowest BCUT2D eigenvalue weighted by atomic mass is 10.1. The van der Waals surface area contributed by atoms with Crippen LogP contribution in [0.15, 0.2) is 0 Å². The quantitative estimate of drug-likeness (QED) is 0.805. The molecule has 1 atom stereocenters. The van der Waals surface area contributed by atoms with Crippen LogP contribution in [-0.4, -0.2) is 41.8 Å². The second kappa shape index (κ2) is 6.31. The topological polar surface area (TPSA) is 84.0 Å². The zero-order chi connectivity index (χ0) is 14.8. The molecular formula is C11H18N4O2S3. The van der Waals surface area contributed by atoms with Crippen LogP contribution in [0.1, 0.15) is 31.2 Å². The van der Waals surface area contributed by atoms with Crippen LogP contribution in [0.3, 0.4) is 0 Å². The summed E-state index contributed by atoms with van der Waals surface area (Å²) < 4.78 is 22.7. The van der Waals surface area contributed by atoms with E-state index in [1.165, 1.54) is 11.3 Å². The lowest BCUT2D eigenvalue weighted by Gasteiger charge is -2.11. The largest absolute Gasteiger partial charge is 0.362 e. The van der Waals surface area contributed by atoms with Crippen molar-refractivity contribution in [3.05, 3.63) is 5.01 Å². The highest BCUT2D eigenvalue weighted by Crippen LogP contribution is 2.22. The molecule has 0 aromatic carbocycles. The summed E-state index contributed by atoms with van der Waals surface area (Å²) in [5, 5.41) is 16.2. The van der Waals surface area contributed by atoms with Crippen LogP contribution in [0, 0.1) is 5.92 Å². The fourth-order valence-electron chi connectivity index (χ4n) is 1.93. The summed E-state index contributed by atoms with van der Waals surface area (Å²) in [6, 6.07) is 0. The standard InChI is InChI=1S/C11H18N4O2S3/c1-7(2)9-14-15-11(19-9)13-10(18)12-5-8-3-4-20(16,17)6-8/h7-8H,3-6H2,1-2H3,(H2,12,13,15,18)/t8-/m0/s1. The average Bonchev–Trinajstić information content (AvgIpc) is 2.93. The molecule has 1 aromatic rings. The highest BCUT2D eigenvalue weighted by molar-refractivity contribution is 7.91. The van der Waals surface area contributed by atoms with E-state index in [4.69, 9.17) is 12.2 Å². The SMILES string of the molecule is CC(C)c1nnc(NC(=S)NC[C@@H]2CCS(=O)(=O)C2)s1. The van der Waals surface area contributed by atoms with Crippen molar-refractivity contribution in [3.8, 4) is 0 Å². The molecule has 2 N–H and O–H groups in total. The molecule has 0 aliphatic carbocycles. The molecule has 6 nitrogen and oxygen atoms in total. The highest BCUT2D eigenvalue weighted by Gasteiger charge is 2.27. The van der Waals surface area contributed by atoms with Gasteiger partial charge in [0.05, 0.1) is 11.5 Å². The number of hydrogen-bond acceptors (Lipinski definition) is 6. The number of nitrogens with one attached hydrogen (secondary N) is 2. The van der Waals surface area contributed by atoms with Gasteiger partial charge in [0, 0.05) is 12.5 Å². The molecule has 0 saturated carbocycles. The van der Waals surface area contributed by atoms with Crippen LogP contribution in [0.5, 0.6) is 0 Å². The number of anilines is 1. The molecule has 1 fully saturated rings. The van der Waals surface area contributed by atoms with Crippen LogP contribution in [-0.2, 0) is 9.84 Å². The number of hydrogen-bond donors (Lipinski definition) is 2. The summed E-state index contributed by atoms with van der Waals surface area (Å²) in [4.78, 5) is 0. The van der Waals surface area contributed by atoms with E-state index in [1.807, 2.05) is 0 Å². The van der Waals surface area contributed by atoms with Gasteiger partial charge in [-0.3, -0.25) is 0 Å². The number of sulfone groups is 1. The number of aromatic nitrogens is 2. The van der Waals surface area contributed by atoms with E-state index in [0.29, 0.717) is 29.1 Å². The Morgan fingerprint density at radius 1 is 1.50 bits per heavy atom. The Bertz CT molecular complexity index is 582. The lowest BCUT2D eigenvalue weighted by molar-refractivity contribution is 0.574. The van der Waals surface area contributed by atoms with Gasteiger partial charge in [0.15, 0.2) is 14.9 Å². The third-order valence-corrected chi connectivity index (χ3v) is 6.26. The van der Waals surface area contributed by atoms with Gasteiger partial charge in [-0.05, 0) is 24.6 Å². The zero-order valence-corrected chi connectivity index (χ0v) is 13.9. The summed E-state index contributed by atoms with van der Waals surface area (Å²) in [5.74, 6) is 1.01. The third kappa shape index (κ3) is 4.35. The molecule has 1 aliphatic heterocycles. The van der Waals surface area contributed by atoms with Gasteiger partial charge in [0.1, 0.15) is 5.01 Å². The zero-order valence-electron chi connectivity index (χ0n) is 11.4. The van der Waals surface area contributed by atoms with E-state index in [0.717, 1.165) is 5.01 Å². The van der Waals surface area contributed by atoms with Gasteiger partial charge in [0.25, 0.3) is 0 Å². The fraction of sp³-hybridized carbons (Fsp3) is 0.727. The summed E-state index contributed by atoms with van der Waals surface area (Å²) in [6.07, 6.45) is 0.703. The maximum Gasteiger partial charge on any atom is 0.211 e. The van der Waals surface area contributed by atoms with E-state index < -0.39 is 9.84 Å². The molecule has 112 valence electrons. The van der Waals surface area contributed by atoms with Gasteiger partial charge in [0.2, 0.25) is 5.13 Å². The van der Waals surface area contributed by atoms with Crippen molar-refractivity contribution in [2.24, 2.45) is 5.92 Å². The van der Waals surface area contributed by atoms with Gasteiger partial charge in [-0.25, -0.2) is 8.42 Å². The van der Waals surface area contributed by atoms with Crippen molar-refractivity contribution in [1.82, 2.24) is 15.5 Å². The van der Waals surface area contributed by atoms with Crippen molar-refractivity contribution in [3.63, 3.8) is 0 Å². The van der Waals surface area contributed by atoms with Gasteiger partial charge in [-0.2, -0.15) is 0 Å². The second-order valence-electron chi connectivity index (χ2n) is 5.20. The molecule has 0 spiro atoms. The molecule has 2 rings (SSSR count). The minimum Gasteiger partial charge on any atom is -0.362 e. The highest BCUT2D eigenvalue weighted by atomic mass is 32.2. The van der Waals surface area contributed by atoms with E-state index in [1.54, 1.807) is 0 Å². The second-order valence-corrected chi connectivity index (χ2v) is 8.85. The Kier molecular flexibility index (Phi) is 4.92. The predicted molar refractivity (Wildman–Crippen MR) is 85.0 cm³/mol. The minimum atomic E-state index is -2.83. The molecule has 1 aromatic heterocycles. The van der Waals surface area contributed by atoms with E-state index >= 15 is 0 Å². The Morgan fingerprint density at radius 2 is 2.25 bits per heavy atom.